The second-order valence-electron chi connectivity index (χ2n) is 10.7. The Hall–Kier alpha value is -1.90. The molecule has 0 radical (unpaired) electrons. The summed E-state index contributed by atoms with van der Waals surface area (Å²) in [7, 11) is 0. The standard InChI is InChI=1S/C31H48N2O/c1-4-6-7-11-26-14-16-27(17-15-26)13-9-22-34-30-20-18-29(19-21-30)31-32-23-28(24-33-31)12-8-10-25(3)5-2/h18-21,23-27H,4-17,22H2,1-3H3. The van der Waals surface area contributed by atoms with E-state index in [1.807, 2.05) is 12.4 Å². The highest BCUT2D eigenvalue weighted by atomic mass is 16.5. The second-order valence-corrected chi connectivity index (χ2v) is 10.7. The Morgan fingerprint density at radius 1 is 0.853 bits per heavy atom. The molecule has 1 aliphatic carbocycles. The Kier molecular flexibility index (Phi) is 11.9. The van der Waals surface area contributed by atoms with Gasteiger partial charge in [0.15, 0.2) is 5.82 Å². The molecule has 1 aliphatic rings. The van der Waals surface area contributed by atoms with Crippen LogP contribution in [0.25, 0.3) is 11.4 Å². The molecule has 0 N–H and O–H groups in total. The molecule has 3 heteroatoms. The zero-order chi connectivity index (χ0) is 24.0. The third-order valence-electron chi connectivity index (χ3n) is 7.88. The summed E-state index contributed by atoms with van der Waals surface area (Å²) in [4.78, 5) is 9.20. The monoisotopic (exact) mass is 464 g/mol. The molecule has 3 rings (SSSR count). The Morgan fingerprint density at radius 2 is 1.50 bits per heavy atom. The number of aromatic nitrogens is 2. The van der Waals surface area contributed by atoms with Gasteiger partial charge >= 0.3 is 0 Å². The molecule has 0 aliphatic heterocycles. The van der Waals surface area contributed by atoms with Crippen LogP contribution in [0, 0.1) is 17.8 Å². The molecule has 0 saturated heterocycles. The first-order valence-electron chi connectivity index (χ1n) is 14.2. The molecular formula is C31H48N2O. The zero-order valence-electron chi connectivity index (χ0n) is 22.1. The summed E-state index contributed by atoms with van der Waals surface area (Å²) in [6.45, 7) is 7.71. The van der Waals surface area contributed by atoms with E-state index >= 15 is 0 Å². The van der Waals surface area contributed by atoms with Crippen molar-refractivity contribution >= 4 is 0 Å². The molecule has 0 spiro atoms. The van der Waals surface area contributed by atoms with Crippen molar-refractivity contribution in [2.45, 2.75) is 111 Å². The van der Waals surface area contributed by atoms with Gasteiger partial charge in [0.05, 0.1) is 6.61 Å². The molecule has 0 amide bonds. The van der Waals surface area contributed by atoms with Crippen molar-refractivity contribution in [3.8, 4) is 17.1 Å². The molecule has 1 saturated carbocycles. The molecule has 1 heterocycles. The average Bonchev–Trinajstić information content (AvgIpc) is 2.88. The van der Waals surface area contributed by atoms with Crippen LogP contribution in [0.3, 0.4) is 0 Å². The fraction of sp³-hybridized carbons (Fsp3) is 0.677. The van der Waals surface area contributed by atoms with Crippen LogP contribution < -0.4 is 4.74 Å². The van der Waals surface area contributed by atoms with Gasteiger partial charge in [-0.05, 0) is 73.3 Å². The summed E-state index contributed by atoms with van der Waals surface area (Å²) in [5.74, 6) is 4.48. The normalized spacial score (nSPS) is 19.1. The van der Waals surface area contributed by atoms with E-state index in [1.54, 1.807) is 0 Å². The minimum atomic E-state index is 0.794. The maximum Gasteiger partial charge on any atom is 0.159 e. The molecule has 1 fully saturated rings. The lowest BCUT2D eigenvalue weighted by molar-refractivity contribution is 0.228. The summed E-state index contributed by atoms with van der Waals surface area (Å²) >= 11 is 0. The first-order chi connectivity index (χ1) is 16.7. The van der Waals surface area contributed by atoms with E-state index in [2.05, 4.69) is 55.0 Å². The average molecular weight is 465 g/mol. The Bertz CT molecular complexity index is 778. The summed E-state index contributed by atoms with van der Waals surface area (Å²) in [6, 6.07) is 8.26. The lowest BCUT2D eigenvalue weighted by atomic mass is 9.78. The van der Waals surface area contributed by atoms with Crippen LogP contribution in [0.4, 0.5) is 0 Å². The Labute approximate surface area is 209 Å². The van der Waals surface area contributed by atoms with Gasteiger partial charge in [0.1, 0.15) is 5.75 Å². The lowest BCUT2D eigenvalue weighted by Crippen LogP contribution is -2.15. The topological polar surface area (TPSA) is 35.0 Å². The highest BCUT2D eigenvalue weighted by Crippen LogP contribution is 2.34. The van der Waals surface area contributed by atoms with E-state index in [0.29, 0.717) is 0 Å². The molecule has 3 nitrogen and oxygen atoms in total. The molecule has 34 heavy (non-hydrogen) atoms. The third kappa shape index (κ3) is 9.39. The van der Waals surface area contributed by atoms with Crippen LogP contribution in [0.15, 0.2) is 36.7 Å². The summed E-state index contributed by atoms with van der Waals surface area (Å²) in [6.07, 6.45) is 22.7. The van der Waals surface area contributed by atoms with E-state index in [1.165, 1.54) is 82.6 Å². The van der Waals surface area contributed by atoms with Gasteiger partial charge in [-0.25, -0.2) is 9.97 Å². The first kappa shape index (κ1) is 26.7. The lowest BCUT2D eigenvalue weighted by Gasteiger charge is -2.28. The third-order valence-corrected chi connectivity index (χ3v) is 7.88. The minimum Gasteiger partial charge on any atom is -0.494 e. The van der Waals surface area contributed by atoms with Crippen LogP contribution in [-0.2, 0) is 6.42 Å². The van der Waals surface area contributed by atoms with E-state index in [-0.39, 0.29) is 0 Å². The summed E-state index contributed by atoms with van der Waals surface area (Å²) < 4.78 is 6.03. The minimum absolute atomic E-state index is 0.794. The van der Waals surface area contributed by atoms with Crippen molar-refractivity contribution in [2.24, 2.45) is 17.8 Å². The van der Waals surface area contributed by atoms with Crippen molar-refractivity contribution in [1.82, 2.24) is 9.97 Å². The Morgan fingerprint density at radius 3 is 2.12 bits per heavy atom. The molecule has 1 aromatic carbocycles. The first-order valence-corrected chi connectivity index (χ1v) is 14.2. The highest BCUT2D eigenvalue weighted by Gasteiger charge is 2.20. The zero-order valence-corrected chi connectivity index (χ0v) is 22.1. The van der Waals surface area contributed by atoms with Crippen molar-refractivity contribution in [3.05, 3.63) is 42.2 Å². The molecule has 1 atom stereocenters. The van der Waals surface area contributed by atoms with E-state index < -0.39 is 0 Å². The van der Waals surface area contributed by atoms with Crippen LogP contribution in [0.1, 0.15) is 110 Å². The number of unbranched alkanes of at least 4 members (excludes halogenated alkanes) is 2. The molecule has 1 unspecified atom stereocenters. The maximum atomic E-state index is 6.03. The van der Waals surface area contributed by atoms with Gasteiger partial charge in [0, 0.05) is 18.0 Å². The van der Waals surface area contributed by atoms with Gasteiger partial charge in [-0.2, -0.15) is 0 Å². The maximum absolute atomic E-state index is 6.03. The molecule has 1 aromatic heterocycles. The molecule has 188 valence electrons. The number of benzene rings is 1. The quantitative estimate of drug-likeness (QED) is 0.247. The van der Waals surface area contributed by atoms with Gasteiger partial charge in [-0.3, -0.25) is 0 Å². The molecule has 2 aromatic rings. The van der Waals surface area contributed by atoms with E-state index in [0.717, 1.165) is 54.3 Å². The number of rotatable bonds is 15. The summed E-state index contributed by atoms with van der Waals surface area (Å²) in [5.41, 5.74) is 2.28. The molecule has 0 bridgehead atoms. The predicted octanol–water partition coefficient (Wildman–Crippen LogP) is 9.06. The van der Waals surface area contributed by atoms with Crippen molar-refractivity contribution in [3.63, 3.8) is 0 Å². The van der Waals surface area contributed by atoms with E-state index in [9.17, 15) is 0 Å². The van der Waals surface area contributed by atoms with Crippen molar-refractivity contribution < 1.29 is 4.74 Å². The molecular weight excluding hydrogens is 416 g/mol. The van der Waals surface area contributed by atoms with Crippen molar-refractivity contribution in [1.29, 1.82) is 0 Å². The van der Waals surface area contributed by atoms with Gasteiger partial charge < -0.3 is 4.74 Å². The summed E-state index contributed by atoms with van der Waals surface area (Å²) in [5, 5.41) is 0. The SMILES string of the molecule is CCCCCC1CCC(CCCOc2ccc(-c3ncc(CCCC(C)CC)cn3)cc2)CC1. The number of aryl methyl sites for hydroxylation is 1. The highest BCUT2D eigenvalue weighted by molar-refractivity contribution is 5.55. The van der Waals surface area contributed by atoms with Gasteiger partial charge in [-0.15, -0.1) is 0 Å². The number of nitrogens with zero attached hydrogens (tertiary/aromatic N) is 2. The van der Waals surface area contributed by atoms with Crippen LogP contribution >= 0.6 is 0 Å². The fourth-order valence-corrected chi connectivity index (χ4v) is 5.25. The fourth-order valence-electron chi connectivity index (χ4n) is 5.25. The van der Waals surface area contributed by atoms with Gasteiger partial charge in [0.2, 0.25) is 0 Å². The van der Waals surface area contributed by atoms with Crippen LogP contribution in [-0.4, -0.2) is 16.6 Å². The number of hydrogen-bond acceptors (Lipinski definition) is 3. The predicted molar refractivity (Wildman–Crippen MR) is 144 cm³/mol. The smallest absolute Gasteiger partial charge is 0.159 e. The van der Waals surface area contributed by atoms with Crippen LogP contribution in [0.2, 0.25) is 0 Å². The second kappa shape index (κ2) is 15.2. The van der Waals surface area contributed by atoms with Crippen molar-refractivity contribution in [2.75, 3.05) is 6.61 Å². The van der Waals surface area contributed by atoms with Gasteiger partial charge in [0.25, 0.3) is 0 Å². The largest absolute Gasteiger partial charge is 0.494 e. The van der Waals surface area contributed by atoms with Crippen LogP contribution in [0.5, 0.6) is 5.75 Å². The Balaban J connectivity index is 1.32. The number of hydrogen-bond donors (Lipinski definition) is 0. The number of ether oxygens (including phenoxy) is 1. The van der Waals surface area contributed by atoms with E-state index in [4.69, 9.17) is 4.74 Å². The van der Waals surface area contributed by atoms with Gasteiger partial charge in [-0.1, -0.05) is 85.0 Å².